The molecule has 1 fully saturated rings. The minimum Gasteiger partial charge on any atom is -0.381 e. The maximum atomic E-state index is 13.2. The lowest BCUT2D eigenvalue weighted by atomic mass is 9.82. The highest BCUT2D eigenvalue weighted by Crippen LogP contribution is 2.28. The van der Waals surface area contributed by atoms with Crippen molar-refractivity contribution in [3.8, 4) is 6.07 Å². The van der Waals surface area contributed by atoms with E-state index in [1.807, 2.05) is 6.07 Å². The van der Waals surface area contributed by atoms with Crippen LogP contribution in [-0.2, 0) is 11.3 Å². The summed E-state index contributed by atoms with van der Waals surface area (Å²) in [6.07, 6.45) is 2.12. The lowest BCUT2D eigenvalue weighted by Gasteiger charge is -2.33. The van der Waals surface area contributed by atoms with Crippen molar-refractivity contribution in [2.24, 2.45) is 5.41 Å². The van der Waals surface area contributed by atoms with E-state index in [1.165, 1.54) is 6.07 Å². The lowest BCUT2D eigenvalue weighted by molar-refractivity contribution is 0.0240. The number of hydrogen-bond donors (Lipinski definition) is 1. The topological polar surface area (TPSA) is 45.0 Å². The van der Waals surface area contributed by atoms with Crippen LogP contribution < -0.4 is 5.32 Å². The van der Waals surface area contributed by atoms with Gasteiger partial charge in [-0.2, -0.15) is 5.26 Å². The highest BCUT2D eigenvalue weighted by molar-refractivity contribution is 5.34. The third-order valence-electron chi connectivity index (χ3n) is 3.73. The fraction of sp³-hybridized carbons (Fsp3) is 0.533. The standard InChI is InChI=1S/C15H19FN2O/c1-15(4-6-19-7-5-15)11-18-10-12-2-3-14(16)13(8-12)9-17/h2-3,8,18H,4-7,10-11H2,1H3. The van der Waals surface area contributed by atoms with Crippen molar-refractivity contribution in [2.45, 2.75) is 26.3 Å². The number of nitrogens with one attached hydrogen (secondary N) is 1. The Morgan fingerprint density at radius 1 is 1.42 bits per heavy atom. The molecule has 1 aliphatic heterocycles. The molecule has 1 heterocycles. The molecule has 2 rings (SSSR count). The molecule has 1 aromatic rings. The van der Waals surface area contributed by atoms with Crippen LogP contribution in [0.1, 0.15) is 30.9 Å². The number of halogens is 1. The number of benzene rings is 1. The monoisotopic (exact) mass is 262 g/mol. The van der Waals surface area contributed by atoms with Gasteiger partial charge in [-0.25, -0.2) is 4.39 Å². The van der Waals surface area contributed by atoms with Crippen LogP contribution >= 0.6 is 0 Å². The zero-order valence-corrected chi connectivity index (χ0v) is 11.2. The summed E-state index contributed by atoms with van der Waals surface area (Å²) >= 11 is 0. The van der Waals surface area contributed by atoms with Gasteiger partial charge in [-0.05, 0) is 36.0 Å². The molecule has 1 aliphatic rings. The average molecular weight is 262 g/mol. The maximum absolute atomic E-state index is 13.2. The van der Waals surface area contributed by atoms with Gasteiger partial charge in [-0.1, -0.05) is 13.0 Å². The van der Waals surface area contributed by atoms with Crippen LogP contribution in [0.3, 0.4) is 0 Å². The van der Waals surface area contributed by atoms with Gasteiger partial charge < -0.3 is 10.1 Å². The normalized spacial score (nSPS) is 17.9. The number of rotatable bonds is 4. The highest BCUT2D eigenvalue weighted by atomic mass is 19.1. The summed E-state index contributed by atoms with van der Waals surface area (Å²) in [6.45, 7) is 5.48. The molecule has 0 aromatic heterocycles. The minimum atomic E-state index is -0.456. The number of ether oxygens (including phenoxy) is 1. The van der Waals surface area contributed by atoms with E-state index < -0.39 is 5.82 Å². The molecule has 0 bridgehead atoms. The Bertz CT molecular complexity index is 476. The fourth-order valence-corrected chi connectivity index (χ4v) is 2.32. The molecule has 3 nitrogen and oxygen atoms in total. The molecular weight excluding hydrogens is 243 g/mol. The zero-order chi connectivity index (χ0) is 13.7. The van der Waals surface area contributed by atoms with Crippen LogP contribution in [0, 0.1) is 22.6 Å². The van der Waals surface area contributed by atoms with Crippen molar-refractivity contribution in [1.82, 2.24) is 5.32 Å². The van der Waals surface area contributed by atoms with Crippen LogP contribution in [0.4, 0.5) is 4.39 Å². The molecule has 0 radical (unpaired) electrons. The Morgan fingerprint density at radius 2 is 2.16 bits per heavy atom. The zero-order valence-electron chi connectivity index (χ0n) is 11.2. The molecule has 0 atom stereocenters. The number of hydrogen-bond acceptors (Lipinski definition) is 3. The Balaban J connectivity index is 1.87. The maximum Gasteiger partial charge on any atom is 0.140 e. The van der Waals surface area contributed by atoms with Crippen LogP contribution in [0.2, 0.25) is 0 Å². The first kappa shape index (κ1) is 14.0. The van der Waals surface area contributed by atoms with Gasteiger partial charge >= 0.3 is 0 Å². The largest absolute Gasteiger partial charge is 0.381 e. The van der Waals surface area contributed by atoms with Crippen molar-refractivity contribution >= 4 is 0 Å². The van der Waals surface area contributed by atoms with Crippen molar-refractivity contribution < 1.29 is 9.13 Å². The van der Waals surface area contributed by atoms with Gasteiger partial charge in [-0.15, -0.1) is 0 Å². The molecule has 0 unspecified atom stereocenters. The summed E-state index contributed by atoms with van der Waals surface area (Å²) in [4.78, 5) is 0. The molecule has 0 amide bonds. The minimum absolute atomic E-state index is 0.108. The van der Waals surface area contributed by atoms with E-state index in [4.69, 9.17) is 10.00 Å². The van der Waals surface area contributed by atoms with Gasteiger partial charge in [0.15, 0.2) is 0 Å². The van der Waals surface area contributed by atoms with Crippen LogP contribution in [0.5, 0.6) is 0 Å². The van der Waals surface area contributed by atoms with Gasteiger partial charge in [0, 0.05) is 26.3 Å². The predicted molar refractivity (Wildman–Crippen MR) is 71.0 cm³/mol. The molecule has 1 aromatic carbocycles. The molecule has 0 spiro atoms. The van der Waals surface area contributed by atoms with E-state index in [2.05, 4.69) is 12.2 Å². The summed E-state index contributed by atoms with van der Waals surface area (Å²) in [5.74, 6) is -0.456. The first-order valence-corrected chi connectivity index (χ1v) is 6.60. The second-order valence-electron chi connectivity index (χ2n) is 5.45. The lowest BCUT2D eigenvalue weighted by Crippen LogP contribution is -2.36. The van der Waals surface area contributed by atoms with Crippen molar-refractivity contribution in [3.05, 3.63) is 35.1 Å². The Kier molecular flexibility index (Phi) is 4.52. The smallest absolute Gasteiger partial charge is 0.140 e. The second-order valence-corrected chi connectivity index (χ2v) is 5.45. The van der Waals surface area contributed by atoms with Crippen LogP contribution in [-0.4, -0.2) is 19.8 Å². The molecule has 0 saturated carbocycles. The number of nitriles is 1. The second kappa shape index (κ2) is 6.14. The van der Waals surface area contributed by atoms with Crippen molar-refractivity contribution in [2.75, 3.05) is 19.8 Å². The number of nitrogens with zero attached hydrogens (tertiary/aromatic N) is 1. The molecule has 1 saturated heterocycles. The Labute approximate surface area is 113 Å². The SMILES string of the molecule is CC1(CNCc2ccc(F)c(C#N)c2)CCOCC1. The summed E-state index contributed by atoms with van der Waals surface area (Å²) in [6, 6.07) is 6.54. The van der Waals surface area contributed by atoms with Gasteiger partial charge in [-0.3, -0.25) is 0 Å². The summed E-state index contributed by atoms with van der Waals surface area (Å²) in [7, 11) is 0. The van der Waals surface area contributed by atoms with E-state index in [0.29, 0.717) is 6.54 Å². The van der Waals surface area contributed by atoms with E-state index >= 15 is 0 Å². The van der Waals surface area contributed by atoms with Crippen LogP contribution in [0.25, 0.3) is 0 Å². The molecule has 4 heteroatoms. The first-order valence-electron chi connectivity index (χ1n) is 6.60. The molecular formula is C15H19FN2O. The van der Waals surface area contributed by atoms with E-state index in [9.17, 15) is 4.39 Å². The van der Waals surface area contributed by atoms with Gasteiger partial charge in [0.2, 0.25) is 0 Å². The van der Waals surface area contributed by atoms with E-state index in [-0.39, 0.29) is 11.0 Å². The molecule has 102 valence electrons. The summed E-state index contributed by atoms with van der Waals surface area (Å²) in [5.41, 5.74) is 1.32. The Hall–Kier alpha value is -1.44. The fourth-order valence-electron chi connectivity index (χ4n) is 2.32. The summed E-state index contributed by atoms with van der Waals surface area (Å²) in [5, 5.41) is 12.2. The van der Waals surface area contributed by atoms with Gasteiger partial charge in [0.05, 0.1) is 5.56 Å². The van der Waals surface area contributed by atoms with E-state index in [0.717, 1.165) is 38.2 Å². The van der Waals surface area contributed by atoms with E-state index in [1.54, 1.807) is 12.1 Å². The summed E-state index contributed by atoms with van der Waals surface area (Å²) < 4.78 is 18.6. The van der Waals surface area contributed by atoms with Crippen molar-refractivity contribution in [1.29, 1.82) is 5.26 Å². The highest BCUT2D eigenvalue weighted by Gasteiger charge is 2.26. The average Bonchev–Trinajstić information content (AvgIpc) is 2.41. The van der Waals surface area contributed by atoms with Crippen LogP contribution in [0.15, 0.2) is 18.2 Å². The van der Waals surface area contributed by atoms with Crippen molar-refractivity contribution in [3.63, 3.8) is 0 Å². The van der Waals surface area contributed by atoms with Gasteiger partial charge in [0.1, 0.15) is 11.9 Å². The molecule has 19 heavy (non-hydrogen) atoms. The van der Waals surface area contributed by atoms with Gasteiger partial charge in [0.25, 0.3) is 0 Å². The third kappa shape index (κ3) is 3.76. The molecule has 1 N–H and O–H groups in total. The quantitative estimate of drug-likeness (QED) is 0.907. The third-order valence-corrected chi connectivity index (χ3v) is 3.73. The Morgan fingerprint density at radius 3 is 2.84 bits per heavy atom. The predicted octanol–water partition coefficient (Wildman–Crippen LogP) is 2.60. The first-order chi connectivity index (χ1) is 9.13. The molecule has 0 aliphatic carbocycles.